The fourth-order valence-corrected chi connectivity index (χ4v) is 1.27. The predicted molar refractivity (Wildman–Crippen MR) is 56.6 cm³/mol. The molecular weight excluding hydrogens is 176 g/mol. The Hall–Kier alpha value is -1.31. The zero-order valence-electron chi connectivity index (χ0n) is 8.53. The molecule has 2 heteroatoms. The zero-order chi connectivity index (χ0) is 10.2. The molecule has 0 saturated heterocycles. The summed E-state index contributed by atoms with van der Waals surface area (Å²) >= 11 is 0. The van der Waals surface area contributed by atoms with Crippen molar-refractivity contribution in [3.63, 3.8) is 0 Å². The van der Waals surface area contributed by atoms with E-state index in [1.165, 1.54) is 5.56 Å². The first-order chi connectivity index (χ1) is 6.86. The first-order valence-corrected chi connectivity index (χ1v) is 5.02. The lowest BCUT2D eigenvalue weighted by atomic mass is 10.1. The molecule has 0 aromatic heterocycles. The topological polar surface area (TPSA) is 26.3 Å². The molecule has 0 amide bonds. The summed E-state index contributed by atoms with van der Waals surface area (Å²) in [5, 5.41) is 0. The van der Waals surface area contributed by atoms with Gasteiger partial charge >= 0.3 is 0 Å². The Kier molecular flexibility index (Phi) is 4.76. The van der Waals surface area contributed by atoms with Gasteiger partial charge in [-0.2, -0.15) is 0 Å². The molecule has 0 bridgehead atoms. The summed E-state index contributed by atoms with van der Waals surface area (Å²) in [6.07, 6.45) is 3.59. The molecule has 0 atom stereocenters. The minimum Gasteiger partial charge on any atom is -0.493 e. The largest absolute Gasteiger partial charge is 0.493 e. The van der Waals surface area contributed by atoms with Gasteiger partial charge in [0.25, 0.3) is 0 Å². The summed E-state index contributed by atoms with van der Waals surface area (Å²) in [6, 6.07) is 8.05. The molecule has 1 rings (SSSR count). The quantitative estimate of drug-likeness (QED) is 0.511. The number of carbonyl (C=O) groups is 1. The van der Waals surface area contributed by atoms with Crippen LogP contribution < -0.4 is 4.74 Å². The fourth-order valence-electron chi connectivity index (χ4n) is 1.27. The maximum atomic E-state index is 10.1. The average Bonchev–Trinajstić information content (AvgIpc) is 2.21. The summed E-state index contributed by atoms with van der Waals surface area (Å²) in [5.74, 6) is 0.840. The van der Waals surface area contributed by atoms with Gasteiger partial charge < -0.3 is 9.53 Å². The monoisotopic (exact) mass is 192 g/mol. The van der Waals surface area contributed by atoms with Gasteiger partial charge in [0.1, 0.15) is 12.0 Å². The van der Waals surface area contributed by atoms with Crippen LogP contribution in [0.1, 0.15) is 25.3 Å². The minimum atomic E-state index is 0.455. The summed E-state index contributed by atoms with van der Waals surface area (Å²) in [7, 11) is 0. The van der Waals surface area contributed by atoms with E-state index in [9.17, 15) is 4.79 Å². The second-order valence-electron chi connectivity index (χ2n) is 3.20. The molecule has 0 unspecified atom stereocenters. The van der Waals surface area contributed by atoms with Gasteiger partial charge in [0.15, 0.2) is 0 Å². The van der Waals surface area contributed by atoms with Crippen molar-refractivity contribution in [1.29, 1.82) is 0 Å². The molecular formula is C12H16O2. The van der Waals surface area contributed by atoms with Crippen molar-refractivity contribution in [3.8, 4) is 5.75 Å². The Balaban J connectivity index is 2.42. The van der Waals surface area contributed by atoms with Crippen molar-refractivity contribution in [2.24, 2.45) is 0 Å². The molecule has 0 aliphatic heterocycles. The van der Waals surface area contributed by atoms with Crippen molar-refractivity contribution < 1.29 is 9.53 Å². The summed E-state index contributed by atoms with van der Waals surface area (Å²) in [4.78, 5) is 10.1. The van der Waals surface area contributed by atoms with E-state index in [0.717, 1.165) is 24.9 Å². The number of rotatable bonds is 6. The van der Waals surface area contributed by atoms with Crippen LogP contribution >= 0.6 is 0 Å². The smallest absolute Gasteiger partial charge is 0.123 e. The van der Waals surface area contributed by atoms with Gasteiger partial charge in [-0.1, -0.05) is 25.5 Å². The van der Waals surface area contributed by atoms with E-state index < -0.39 is 0 Å². The van der Waals surface area contributed by atoms with Crippen LogP contribution in [0.3, 0.4) is 0 Å². The third-order valence-electron chi connectivity index (χ3n) is 1.97. The maximum Gasteiger partial charge on any atom is 0.123 e. The molecule has 0 fully saturated rings. The third kappa shape index (κ3) is 3.60. The number of benzene rings is 1. The molecule has 0 aliphatic rings. The molecule has 76 valence electrons. The molecule has 1 aromatic carbocycles. The minimum absolute atomic E-state index is 0.455. The number of carbonyl (C=O) groups excluding carboxylic acids is 1. The lowest BCUT2D eigenvalue weighted by Crippen LogP contribution is -1.97. The Labute approximate surface area is 84.9 Å². The number of hydrogen-bond donors (Lipinski definition) is 0. The summed E-state index contributed by atoms with van der Waals surface area (Å²) in [6.45, 7) is 2.63. The van der Waals surface area contributed by atoms with Crippen LogP contribution in [-0.2, 0) is 11.2 Å². The SMILES string of the molecule is CCCc1ccc(OCCC=O)cc1. The van der Waals surface area contributed by atoms with Gasteiger partial charge in [0.2, 0.25) is 0 Å². The summed E-state index contributed by atoms with van der Waals surface area (Å²) in [5.41, 5.74) is 1.33. The number of hydrogen-bond acceptors (Lipinski definition) is 2. The van der Waals surface area contributed by atoms with Gasteiger partial charge in [0.05, 0.1) is 6.61 Å². The van der Waals surface area contributed by atoms with E-state index in [2.05, 4.69) is 19.1 Å². The first-order valence-electron chi connectivity index (χ1n) is 5.02. The van der Waals surface area contributed by atoms with E-state index in [1.807, 2.05) is 12.1 Å². The van der Waals surface area contributed by atoms with Crippen LogP contribution in [0.4, 0.5) is 0 Å². The van der Waals surface area contributed by atoms with Crippen LogP contribution in [0.15, 0.2) is 24.3 Å². The normalized spacial score (nSPS) is 9.79. The van der Waals surface area contributed by atoms with E-state index in [1.54, 1.807) is 0 Å². The van der Waals surface area contributed by atoms with Crippen molar-refractivity contribution in [2.45, 2.75) is 26.2 Å². The van der Waals surface area contributed by atoms with Crippen LogP contribution in [0.2, 0.25) is 0 Å². The standard InChI is InChI=1S/C12H16O2/c1-2-4-11-5-7-12(8-6-11)14-10-3-9-13/h5-9H,2-4,10H2,1H3. The van der Waals surface area contributed by atoms with Crippen molar-refractivity contribution >= 4 is 6.29 Å². The first kappa shape index (κ1) is 10.8. The van der Waals surface area contributed by atoms with Crippen molar-refractivity contribution in [3.05, 3.63) is 29.8 Å². The van der Waals surface area contributed by atoms with Crippen molar-refractivity contribution in [2.75, 3.05) is 6.61 Å². The number of ether oxygens (including phenoxy) is 1. The highest BCUT2D eigenvalue weighted by Crippen LogP contribution is 2.13. The molecule has 0 N–H and O–H groups in total. The lowest BCUT2D eigenvalue weighted by molar-refractivity contribution is -0.108. The molecule has 2 nitrogen and oxygen atoms in total. The van der Waals surface area contributed by atoms with Crippen LogP contribution in [0.25, 0.3) is 0 Å². The number of aryl methyl sites for hydroxylation is 1. The van der Waals surface area contributed by atoms with Gasteiger partial charge in [-0.3, -0.25) is 0 Å². The highest BCUT2D eigenvalue weighted by Gasteiger charge is 1.94. The fraction of sp³-hybridized carbons (Fsp3) is 0.417. The molecule has 0 heterocycles. The average molecular weight is 192 g/mol. The molecule has 0 radical (unpaired) electrons. The molecule has 0 spiro atoms. The second kappa shape index (κ2) is 6.19. The Morgan fingerprint density at radius 3 is 2.57 bits per heavy atom. The molecule has 14 heavy (non-hydrogen) atoms. The predicted octanol–water partition coefficient (Wildman–Crippen LogP) is 2.61. The van der Waals surface area contributed by atoms with Gasteiger partial charge in [-0.05, 0) is 24.1 Å². The molecule has 1 aromatic rings. The Bertz CT molecular complexity index is 264. The van der Waals surface area contributed by atoms with E-state index in [0.29, 0.717) is 13.0 Å². The van der Waals surface area contributed by atoms with Crippen molar-refractivity contribution in [1.82, 2.24) is 0 Å². The van der Waals surface area contributed by atoms with E-state index in [-0.39, 0.29) is 0 Å². The lowest BCUT2D eigenvalue weighted by Gasteiger charge is -2.04. The second-order valence-corrected chi connectivity index (χ2v) is 3.20. The highest BCUT2D eigenvalue weighted by molar-refractivity contribution is 5.49. The van der Waals surface area contributed by atoms with Gasteiger partial charge in [-0.15, -0.1) is 0 Å². The van der Waals surface area contributed by atoms with Gasteiger partial charge in [-0.25, -0.2) is 0 Å². The molecule has 0 saturated carbocycles. The Morgan fingerprint density at radius 2 is 2.00 bits per heavy atom. The van der Waals surface area contributed by atoms with Crippen LogP contribution in [-0.4, -0.2) is 12.9 Å². The summed E-state index contributed by atoms with van der Waals surface area (Å²) < 4.78 is 5.35. The van der Waals surface area contributed by atoms with Gasteiger partial charge in [0, 0.05) is 6.42 Å². The van der Waals surface area contributed by atoms with E-state index in [4.69, 9.17) is 4.74 Å². The van der Waals surface area contributed by atoms with Crippen LogP contribution in [0.5, 0.6) is 5.75 Å². The maximum absolute atomic E-state index is 10.1. The van der Waals surface area contributed by atoms with E-state index >= 15 is 0 Å². The molecule has 0 aliphatic carbocycles. The van der Waals surface area contributed by atoms with Crippen LogP contribution in [0, 0.1) is 0 Å². The third-order valence-corrected chi connectivity index (χ3v) is 1.97. The Morgan fingerprint density at radius 1 is 1.29 bits per heavy atom. The zero-order valence-corrected chi connectivity index (χ0v) is 8.53. The number of aldehydes is 1. The highest BCUT2D eigenvalue weighted by atomic mass is 16.5.